The van der Waals surface area contributed by atoms with E-state index in [1.807, 2.05) is 31.7 Å². The zero-order chi connectivity index (χ0) is 6.81. The predicted molar refractivity (Wildman–Crippen MR) is 43.3 cm³/mol. The Morgan fingerprint density at radius 2 is 1.80 bits per heavy atom. The Morgan fingerprint density at radius 1 is 1.00 bits per heavy atom. The summed E-state index contributed by atoms with van der Waals surface area (Å²) in [6.07, 6.45) is 12.3. The van der Waals surface area contributed by atoms with Gasteiger partial charge in [-0.3, -0.25) is 0 Å². The lowest BCUT2D eigenvalue weighted by atomic mass is 9.70. The Hall–Kier alpha value is -1.18. The first-order valence-corrected chi connectivity index (χ1v) is 3.32. The van der Waals surface area contributed by atoms with Crippen molar-refractivity contribution in [1.29, 1.82) is 0 Å². The molecule has 47 valence electrons. The van der Waals surface area contributed by atoms with Gasteiger partial charge in [-0.1, -0.05) is 30.4 Å². The molecule has 1 aliphatic heterocycles. The minimum Gasteiger partial charge on any atom is -0.428 e. The minimum atomic E-state index is 1.21. The van der Waals surface area contributed by atoms with E-state index < -0.39 is 0 Å². The summed E-state index contributed by atoms with van der Waals surface area (Å²) in [7, 11) is 2.00. The van der Waals surface area contributed by atoms with Crippen molar-refractivity contribution in [1.82, 2.24) is 5.23 Å². The SMILES string of the molecule is [B]1N/C2=C/C=C\C=C/C=C/12. The van der Waals surface area contributed by atoms with Gasteiger partial charge in [-0.05, 0) is 11.5 Å². The van der Waals surface area contributed by atoms with Crippen LogP contribution >= 0.6 is 0 Å². The summed E-state index contributed by atoms with van der Waals surface area (Å²) in [6, 6.07) is 0. The van der Waals surface area contributed by atoms with Crippen LogP contribution in [0.4, 0.5) is 0 Å². The van der Waals surface area contributed by atoms with Crippen LogP contribution in [0.3, 0.4) is 0 Å². The molecule has 2 aliphatic rings. The highest BCUT2D eigenvalue weighted by atomic mass is 14.8. The van der Waals surface area contributed by atoms with Crippen LogP contribution < -0.4 is 5.23 Å². The van der Waals surface area contributed by atoms with Gasteiger partial charge < -0.3 is 5.23 Å². The third-order valence-corrected chi connectivity index (χ3v) is 1.57. The van der Waals surface area contributed by atoms with Crippen molar-refractivity contribution in [2.45, 2.75) is 0 Å². The molecule has 0 atom stereocenters. The van der Waals surface area contributed by atoms with Gasteiger partial charge in [-0.25, -0.2) is 0 Å². The summed E-state index contributed by atoms with van der Waals surface area (Å²) < 4.78 is 0. The van der Waals surface area contributed by atoms with Gasteiger partial charge in [-0.15, -0.1) is 0 Å². The lowest BCUT2D eigenvalue weighted by Gasteiger charge is -2.22. The van der Waals surface area contributed by atoms with Crippen molar-refractivity contribution in [2.75, 3.05) is 0 Å². The Labute approximate surface area is 61.1 Å². The normalized spacial score (nSPS) is 36.8. The molecule has 0 aromatic carbocycles. The van der Waals surface area contributed by atoms with Crippen LogP contribution in [0.2, 0.25) is 0 Å². The molecule has 2 heteroatoms. The Morgan fingerprint density at radius 3 is 2.50 bits per heavy atom. The number of allylic oxidation sites excluding steroid dienone is 7. The summed E-state index contributed by atoms with van der Waals surface area (Å²) in [4.78, 5) is 0. The topological polar surface area (TPSA) is 12.0 Å². The van der Waals surface area contributed by atoms with Crippen molar-refractivity contribution >= 4 is 7.41 Å². The maximum atomic E-state index is 3.10. The quantitative estimate of drug-likeness (QED) is 0.481. The Kier molecular flexibility index (Phi) is 1.24. The van der Waals surface area contributed by atoms with Crippen molar-refractivity contribution in [2.24, 2.45) is 0 Å². The first kappa shape index (κ1) is 5.60. The van der Waals surface area contributed by atoms with E-state index in [-0.39, 0.29) is 0 Å². The molecule has 0 unspecified atom stereocenters. The Bertz CT molecular complexity index is 230. The van der Waals surface area contributed by atoms with Gasteiger partial charge in [0.2, 0.25) is 0 Å². The van der Waals surface area contributed by atoms with E-state index in [0.29, 0.717) is 0 Å². The third-order valence-electron chi connectivity index (χ3n) is 1.57. The lowest BCUT2D eigenvalue weighted by molar-refractivity contribution is 1.14. The van der Waals surface area contributed by atoms with Crippen molar-refractivity contribution in [3.63, 3.8) is 0 Å². The number of hydrogen-bond donors (Lipinski definition) is 1. The second-order valence-electron chi connectivity index (χ2n) is 2.26. The highest BCUT2D eigenvalue weighted by molar-refractivity contribution is 6.50. The fourth-order valence-corrected chi connectivity index (χ4v) is 0.960. The van der Waals surface area contributed by atoms with E-state index >= 15 is 0 Å². The maximum absolute atomic E-state index is 3.10. The van der Waals surface area contributed by atoms with Crippen LogP contribution in [-0.2, 0) is 0 Å². The average molecular weight is 128 g/mol. The van der Waals surface area contributed by atoms with Gasteiger partial charge in [0.05, 0.1) is 0 Å². The molecule has 0 amide bonds. The highest BCUT2D eigenvalue weighted by Gasteiger charge is 2.15. The molecule has 1 radical (unpaired) electrons. The van der Waals surface area contributed by atoms with Gasteiger partial charge >= 0.3 is 0 Å². The standard InChI is InChI=1S/C8H7BN/c1-2-4-6-8-7(5-3-1)9-10-8/h1-6,10H/b2-1?,3-1-,4-2-,5-3?,6-4?,7-5+,8-6+. The maximum Gasteiger partial charge on any atom is 0.284 e. The zero-order valence-corrected chi connectivity index (χ0v) is 5.54. The van der Waals surface area contributed by atoms with E-state index in [2.05, 4.69) is 17.4 Å². The van der Waals surface area contributed by atoms with E-state index in [1.54, 1.807) is 0 Å². The molecule has 0 aromatic heterocycles. The highest BCUT2D eigenvalue weighted by Crippen LogP contribution is 2.14. The third kappa shape index (κ3) is 0.818. The molecule has 0 bridgehead atoms. The van der Waals surface area contributed by atoms with Gasteiger partial charge in [0.1, 0.15) is 0 Å². The van der Waals surface area contributed by atoms with Gasteiger partial charge in [0.25, 0.3) is 7.41 Å². The average Bonchev–Trinajstić information content (AvgIpc) is 1.89. The molecule has 1 saturated heterocycles. The van der Waals surface area contributed by atoms with Crippen LogP contribution in [0.5, 0.6) is 0 Å². The number of rotatable bonds is 0. The second-order valence-corrected chi connectivity index (χ2v) is 2.26. The minimum absolute atomic E-state index is 1.21. The van der Waals surface area contributed by atoms with Crippen molar-refractivity contribution in [3.8, 4) is 0 Å². The molecule has 1 nitrogen and oxygen atoms in total. The zero-order valence-electron chi connectivity index (χ0n) is 5.54. The molecule has 1 heterocycles. The van der Waals surface area contributed by atoms with Crippen LogP contribution in [0.25, 0.3) is 0 Å². The molecule has 0 aromatic rings. The Balaban J connectivity index is 2.33. The summed E-state index contributed by atoms with van der Waals surface area (Å²) in [5, 5.41) is 3.10. The van der Waals surface area contributed by atoms with Gasteiger partial charge in [-0.2, -0.15) is 0 Å². The van der Waals surface area contributed by atoms with Crippen molar-refractivity contribution < 1.29 is 0 Å². The number of fused-ring (bicyclic) bond motifs is 1. The second kappa shape index (κ2) is 2.22. The molecule has 0 spiro atoms. The van der Waals surface area contributed by atoms with Crippen molar-refractivity contribution in [3.05, 3.63) is 47.6 Å². The fraction of sp³-hybridized carbons (Fsp3) is 0. The van der Waals surface area contributed by atoms with E-state index in [9.17, 15) is 0 Å². The summed E-state index contributed by atoms with van der Waals surface area (Å²) in [6.45, 7) is 0. The largest absolute Gasteiger partial charge is 0.428 e. The summed E-state index contributed by atoms with van der Waals surface area (Å²) >= 11 is 0. The fourth-order valence-electron chi connectivity index (χ4n) is 0.960. The molecule has 2 rings (SSSR count). The summed E-state index contributed by atoms with van der Waals surface area (Å²) in [5.41, 5.74) is 2.49. The van der Waals surface area contributed by atoms with E-state index in [1.165, 1.54) is 11.2 Å². The van der Waals surface area contributed by atoms with E-state index in [0.717, 1.165) is 0 Å². The smallest absolute Gasteiger partial charge is 0.284 e. The summed E-state index contributed by atoms with van der Waals surface area (Å²) in [5.74, 6) is 0. The molecule has 1 N–H and O–H groups in total. The molecule has 0 saturated carbocycles. The molecular formula is C8H7BN. The molecule has 10 heavy (non-hydrogen) atoms. The monoisotopic (exact) mass is 128 g/mol. The van der Waals surface area contributed by atoms with Crippen LogP contribution in [0.1, 0.15) is 0 Å². The first-order valence-electron chi connectivity index (χ1n) is 3.32. The predicted octanol–water partition coefficient (Wildman–Crippen LogP) is 1.10. The van der Waals surface area contributed by atoms with Gasteiger partial charge in [0.15, 0.2) is 0 Å². The molecular weight excluding hydrogens is 121 g/mol. The molecule has 1 aliphatic carbocycles. The van der Waals surface area contributed by atoms with Crippen LogP contribution in [-0.4, -0.2) is 7.41 Å². The van der Waals surface area contributed by atoms with E-state index in [4.69, 9.17) is 0 Å². The number of hydrogen-bond acceptors (Lipinski definition) is 1. The van der Waals surface area contributed by atoms with Crippen LogP contribution in [0, 0.1) is 0 Å². The lowest BCUT2D eigenvalue weighted by Crippen LogP contribution is -2.35. The van der Waals surface area contributed by atoms with Gasteiger partial charge in [0, 0.05) is 5.70 Å². The number of nitrogens with one attached hydrogen (secondary N) is 1. The van der Waals surface area contributed by atoms with Crippen LogP contribution in [0.15, 0.2) is 47.6 Å². The first-order chi connectivity index (χ1) is 4.97. The molecule has 1 fully saturated rings.